The van der Waals surface area contributed by atoms with Gasteiger partial charge in [0.15, 0.2) is 0 Å². The molecule has 0 aliphatic heterocycles. The van der Waals surface area contributed by atoms with Gasteiger partial charge in [0.2, 0.25) is 5.91 Å². The molecule has 30 heavy (non-hydrogen) atoms. The maximum absolute atomic E-state index is 12.4. The summed E-state index contributed by atoms with van der Waals surface area (Å²) in [4.78, 5) is 40.6. The van der Waals surface area contributed by atoms with Crippen LogP contribution in [-0.2, 0) is 16.0 Å². The lowest BCUT2D eigenvalue weighted by atomic mass is 9.95. The number of aromatic nitrogens is 1. The van der Waals surface area contributed by atoms with E-state index in [4.69, 9.17) is 16.3 Å². The SMILES string of the molecule is CCOC(=O)c1c(NC(C)=O)sc2c1CCC(/C=N/NC(=O)c1ccncc1)=C2Cl. The molecule has 0 fully saturated rings. The first kappa shape index (κ1) is 21.7. The highest BCUT2D eigenvalue weighted by Gasteiger charge is 2.30. The van der Waals surface area contributed by atoms with E-state index < -0.39 is 5.97 Å². The normalized spacial score (nSPS) is 13.2. The van der Waals surface area contributed by atoms with Gasteiger partial charge in [0.1, 0.15) is 5.00 Å². The van der Waals surface area contributed by atoms with Crippen molar-refractivity contribution < 1.29 is 19.1 Å². The number of hydrogen-bond donors (Lipinski definition) is 2. The molecule has 0 saturated heterocycles. The molecule has 2 aromatic rings. The Hall–Kier alpha value is -3.04. The van der Waals surface area contributed by atoms with Gasteiger partial charge in [-0.05, 0) is 43.0 Å². The molecule has 2 N–H and O–H groups in total. The second kappa shape index (κ2) is 9.64. The maximum atomic E-state index is 12.4. The Balaban J connectivity index is 1.86. The van der Waals surface area contributed by atoms with Gasteiger partial charge in [0, 0.05) is 24.9 Å². The van der Waals surface area contributed by atoms with E-state index in [0.717, 1.165) is 5.56 Å². The van der Waals surface area contributed by atoms with Crippen LogP contribution in [0.1, 0.15) is 51.4 Å². The van der Waals surface area contributed by atoms with Crippen molar-refractivity contribution >= 4 is 57.0 Å². The monoisotopic (exact) mass is 446 g/mol. The number of amides is 2. The van der Waals surface area contributed by atoms with E-state index >= 15 is 0 Å². The molecule has 3 rings (SSSR count). The number of nitrogens with zero attached hydrogens (tertiary/aromatic N) is 2. The minimum absolute atomic E-state index is 0.224. The molecule has 0 spiro atoms. The number of fused-ring (bicyclic) bond motifs is 1. The Labute approximate surface area is 182 Å². The number of allylic oxidation sites excluding steroid dienone is 1. The number of anilines is 1. The number of halogens is 1. The van der Waals surface area contributed by atoms with Gasteiger partial charge in [-0.25, -0.2) is 10.2 Å². The van der Waals surface area contributed by atoms with Crippen molar-refractivity contribution in [2.24, 2.45) is 5.10 Å². The Morgan fingerprint density at radius 3 is 2.70 bits per heavy atom. The predicted octanol–water partition coefficient (Wildman–Crippen LogP) is 3.59. The summed E-state index contributed by atoms with van der Waals surface area (Å²) in [6, 6.07) is 3.16. The van der Waals surface area contributed by atoms with Gasteiger partial charge in [-0.2, -0.15) is 5.10 Å². The van der Waals surface area contributed by atoms with E-state index in [1.54, 1.807) is 19.1 Å². The predicted molar refractivity (Wildman–Crippen MR) is 116 cm³/mol. The van der Waals surface area contributed by atoms with Crippen LogP contribution in [0.15, 0.2) is 35.2 Å². The molecular weight excluding hydrogens is 428 g/mol. The van der Waals surface area contributed by atoms with E-state index in [0.29, 0.717) is 44.5 Å². The summed E-state index contributed by atoms with van der Waals surface area (Å²) in [7, 11) is 0. The number of nitrogens with one attached hydrogen (secondary N) is 2. The van der Waals surface area contributed by atoms with Crippen molar-refractivity contribution in [3.8, 4) is 0 Å². The third-order valence-electron chi connectivity index (χ3n) is 4.23. The Morgan fingerprint density at radius 2 is 2.03 bits per heavy atom. The van der Waals surface area contributed by atoms with Crippen LogP contribution in [0.4, 0.5) is 5.00 Å². The van der Waals surface area contributed by atoms with Gasteiger partial charge < -0.3 is 10.1 Å². The fraction of sp³-hybridized carbons (Fsp3) is 0.250. The minimum atomic E-state index is -0.495. The second-order valence-corrected chi connectivity index (χ2v) is 7.69. The summed E-state index contributed by atoms with van der Waals surface area (Å²) in [5.41, 5.74) is 4.68. The Kier molecular flexibility index (Phi) is 6.96. The second-order valence-electron chi connectivity index (χ2n) is 6.29. The molecule has 0 atom stereocenters. The summed E-state index contributed by atoms with van der Waals surface area (Å²) in [6.45, 7) is 3.31. The lowest BCUT2D eigenvalue weighted by molar-refractivity contribution is -0.114. The number of thiophene rings is 1. The van der Waals surface area contributed by atoms with Crippen LogP contribution in [0, 0.1) is 0 Å². The molecule has 1 aliphatic carbocycles. The molecule has 10 heteroatoms. The van der Waals surface area contributed by atoms with Crippen LogP contribution in [0.3, 0.4) is 0 Å². The van der Waals surface area contributed by atoms with Crippen LogP contribution >= 0.6 is 22.9 Å². The summed E-state index contributed by atoms with van der Waals surface area (Å²) >= 11 is 7.78. The van der Waals surface area contributed by atoms with Crippen molar-refractivity contribution in [1.29, 1.82) is 0 Å². The number of hydrazone groups is 1. The largest absolute Gasteiger partial charge is 0.462 e. The third-order valence-corrected chi connectivity index (χ3v) is 5.94. The first-order chi connectivity index (χ1) is 14.4. The Bertz CT molecular complexity index is 1050. The van der Waals surface area contributed by atoms with Crippen molar-refractivity contribution in [3.63, 3.8) is 0 Å². The van der Waals surface area contributed by atoms with Crippen molar-refractivity contribution in [1.82, 2.24) is 10.4 Å². The zero-order valence-electron chi connectivity index (χ0n) is 16.3. The fourth-order valence-electron chi connectivity index (χ4n) is 2.92. The highest BCUT2D eigenvalue weighted by molar-refractivity contribution is 7.18. The minimum Gasteiger partial charge on any atom is -0.462 e. The average Bonchev–Trinajstić information content (AvgIpc) is 3.08. The van der Waals surface area contributed by atoms with Crippen LogP contribution in [0.5, 0.6) is 0 Å². The smallest absolute Gasteiger partial charge is 0.341 e. The summed E-state index contributed by atoms with van der Waals surface area (Å²) < 4.78 is 5.15. The molecule has 0 aromatic carbocycles. The number of rotatable bonds is 6. The summed E-state index contributed by atoms with van der Waals surface area (Å²) in [5, 5.41) is 7.51. The molecule has 0 saturated carbocycles. The zero-order chi connectivity index (χ0) is 21.7. The van der Waals surface area contributed by atoms with E-state index in [9.17, 15) is 14.4 Å². The first-order valence-corrected chi connectivity index (χ1v) is 10.3. The van der Waals surface area contributed by atoms with Gasteiger partial charge in [0.25, 0.3) is 5.91 Å². The van der Waals surface area contributed by atoms with Gasteiger partial charge in [-0.1, -0.05) is 11.6 Å². The summed E-state index contributed by atoms with van der Waals surface area (Å²) in [5.74, 6) is -1.15. The van der Waals surface area contributed by atoms with Crippen LogP contribution in [-0.4, -0.2) is 35.6 Å². The van der Waals surface area contributed by atoms with E-state index in [1.165, 1.54) is 36.9 Å². The average molecular weight is 447 g/mol. The number of ether oxygens (including phenoxy) is 1. The van der Waals surface area contributed by atoms with E-state index in [-0.39, 0.29) is 18.4 Å². The molecule has 8 nitrogen and oxygen atoms in total. The molecular formula is C20H19ClN4O4S. The molecule has 0 bridgehead atoms. The number of carbonyl (C=O) groups is 3. The number of carbonyl (C=O) groups excluding carboxylic acids is 3. The molecule has 0 radical (unpaired) electrons. The van der Waals surface area contributed by atoms with Gasteiger partial charge in [0.05, 0.1) is 28.3 Å². The molecule has 1 aliphatic rings. The fourth-order valence-corrected chi connectivity index (χ4v) is 4.55. The Morgan fingerprint density at radius 1 is 1.30 bits per heavy atom. The first-order valence-electron chi connectivity index (χ1n) is 9.15. The van der Waals surface area contributed by atoms with E-state index in [1.807, 2.05) is 0 Å². The lowest BCUT2D eigenvalue weighted by Crippen LogP contribution is -2.18. The van der Waals surface area contributed by atoms with Gasteiger partial charge in [-0.15, -0.1) is 11.3 Å². The van der Waals surface area contributed by atoms with Crippen LogP contribution in [0.2, 0.25) is 0 Å². The van der Waals surface area contributed by atoms with E-state index in [2.05, 4.69) is 20.8 Å². The molecule has 0 unspecified atom stereocenters. The number of esters is 1. The molecule has 2 heterocycles. The van der Waals surface area contributed by atoms with Gasteiger partial charge >= 0.3 is 5.97 Å². The topological polar surface area (TPSA) is 110 Å². The lowest BCUT2D eigenvalue weighted by Gasteiger charge is -2.15. The van der Waals surface area contributed by atoms with Crippen LogP contribution < -0.4 is 10.7 Å². The van der Waals surface area contributed by atoms with Crippen LogP contribution in [0.25, 0.3) is 5.03 Å². The molecule has 2 aromatic heterocycles. The number of hydrogen-bond acceptors (Lipinski definition) is 7. The number of pyridine rings is 1. The third kappa shape index (κ3) is 4.74. The molecule has 2 amide bonds. The van der Waals surface area contributed by atoms with Crippen molar-refractivity contribution in [2.75, 3.05) is 11.9 Å². The quantitative estimate of drug-likeness (QED) is 0.400. The van der Waals surface area contributed by atoms with Crippen molar-refractivity contribution in [2.45, 2.75) is 26.7 Å². The maximum Gasteiger partial charge on any atom is 0.341 e. The van der Waals surface area contributed by atoms with Crippen molar-refractivity contribution in [3.05, 3.63) is 51.7 Å². The molecule has 156 valence electrons. The standard InChI is InChI=1S/C20H19ClN4O4S/c1-3-29-20(28)15-14-5-4-13(16(21)17(14)30-19(15)24-11(2)26)10-23-25-18(27)12-6-8-22-9-7-12/h6-10H,3-5H2,1-2H3,(H,24,26)(H,25,27)/b23-10+. The highest BCUT2D eigenvalue weighted by atomic mass is 35.5. The zero-order valence-corrected chi connectivity index (χ0v) is 17.9. The van der Waals surface area contributed by atoms with Gasteiger partial charge in [-0.3, -0.25) is 14.6 Å². The highest BCUT2D eigenvalue weighted by Crippen LogP contribution is 2.44. The summed E-state index contributed by atoms with van der Waals surface area (Å²) in [6.07, 6.45) is 5.57.